The molecule has 0 fully saturated rings. The second-order valence-electron chi connectivity index (χ2n) is 2.23. The van der Waals surface area contributed by atoms with Gasteiger partial charge in [-0.15, -0.1) is 0 Å². The predicted octanol–water partition coefficient (Wildman–Crippen LogP) is 1.22. The lowest BCUT2D eigenvalue weighted by atomic mass is 10.2. The lowest BCUT2D eigenvalue weighted by Gasteiger charge is -2.09. The molecule has 1 unspecified atom stereocenters. The quantitative estimate of drug-likeness (QED) is 0.380. The third-order valence-corrected chi connectivity index (χ3v) is 1.31. The molecule has 0 heterocycles. The number of esters is 1. The molecule has 0 aliphatic heterocycles. The Balaban J connectivity index is 3.77. The van der Waals surface area contributed by atoms with Gasteiger partial charge in [0.2, 0.25) is 6.29 Å². The monoisotopic (exact) mass is 158 g/mol. The van der Waals surface area contributed by atoms with Gasteiger partial charge in [0.05, 0.1) is 0 Å². The second kappa shape index (κ2) is 4.91. The number of ether oxygens (including phenoxy) is 1. The standard InChI is InChI=1S/C8H14O3/c1-4-6(3)8(10)11-7(9)5-2/h7,9H,3-5H2,1-2H3. The maximum absolute atomic E-state index is 10.9. The van der Waals surface area contributed by atoms with E-state index in [0.717, 1.165) is 0 Å². The average molecular weight is 158 g/mol. The van der Waals surface area contributed by atoms with Crippen molar-refractivity contribution in [1.82, 2.24) is 0 Å². The zero-order valence-electron chi connectivity index (χ0n) is 6.96. The molecule has 0 radical (unpaired) electrons. The molecular weight excluding hydrogens is 144 g/mol. The third kappa shape index (κ3) is 3.78. The van der Waals surface area contributed by atoms with Crippen molar-refractivity contribution in [2.75, 3.05) is 0 Å². The first-order chi connectivity index (χ1) is 5.11. The van der Waals surface area contributed by atoms with Crippen LogP contribution in [0.1, 0.15) is 26.7 Å². The summed E-state index contributed by atoms with van der Waals surface area (Å²) >= 11 is 0. The molecule has 0 rings (SSSR count). The van der Waals surface area contributed by atoms with Gasteiger partial charge in [-0.2, -0.15) is 0 Å². The fourth-order valence-electron chi connectivity index (χ4n) is 0.435. The summed E-state index contributed by atoms with van der Waals surface area (Å²) in [5, 5.41) is 8.89. The van der Waals surface area contributed by atoms with Crippen LogP contribution < -0.4 is 0 Å². The normalized spacial score (nSPS) is 12.3. The van der Waals surface area contributed by atoms with Crippen molar-refractivity contribution in [3.63, 3.8) is 0 Å². The van der Waals surface area contributed by atoms with E-state index in [9.17, 15) is 4.79 Å². The smallest absolute Gasteiger partial charge is 0.335 e. The predicted molar refractivity (Wildman–Crippen MR) is 41.8 cm³/mol. The van der Waals surface area contributed by atoms with E-state index < -0.39 is 12.3 Å². The van der Waals surface area contributed by atoms with Gasteiger partial charge in [0, 0.05) is 12.0 Å². The minimum absolute atomic E-state index is 0.387. The Morgan fingerprint density at radius 2 is 2.18 bits per heavy atom. The summed E-state index contributed by atoms with van der Waals surface area (Å²) < 4.78 is 4.57. The first kappa shape index (κ1) is 10.2. The molecule has 0 saturated carbocycles. The molecular formula is C8H14O3. The number of carbonyl (C=O) groups excluding carboxylic acids is 1. The van der Waals surface area contributed by atoms with Gasteiger partial charge in [0.1, 0.15) is 0 Å². The maximum atomic E-state index is 10.9. The van der Waals surface area contributed by atoms with E-state index in [-0.39, 0.29) is 0 Å². The van der Waals surface area contributed by atoms with Crippen molar-refractivity contribution in [2.45, 2.75) is 33.0 Å². The molecule has 64 valence electrons. The highest BCUT2D eigenvalue weighted by Crippen LogP contribution is 2.02. The van der Waals surface area contributed by atoms with Crippen LogP contribution in [-0.4, -0.2) is 17.4 Å². The summed E-state index contributed by atoms with van der Waals surface area (Å²) in [5.41, 5.74) is 0.387. The van der Waals surface area contributed by atoms with Crippen molar-refractivity contribution < 1.29 is 14.6 Å². The summed E-state index contributed by atoms with van der Waals surface area (Å²) in [4.78, 5) is 10.9. The molecule has 1 atom stereocenters. The molecule has 0 aromatic rings. The Morgan fingerprint density at radius 3 is 2.55 bits per heavy atom. The lowest BCUT2D eigenvalue weighted by Crippen LogP contribution is -2.17. The molecule has 0 spiro atoms. The van der Waals surface area contributed by atoms with Crippen molar-refractivity contribution in [1.29, 1.82) is 0 Å². The summed E-state index contributed by atoms with van der Waals surface area (Å²) in [5.74, 6) is -0.512. The van der Waals surface area contributed by atoms with E-state index in [1.165, 1.54) is 0 Å². The summed E-state index contributed by atoms with van der Waals surface area (Å²) in [7, 11) is 0. The van der Waals surface area contributed by atoms with Crippen LogP contribution in [0.4, 0.5) is 0 Å². The SMILES string of the molecule is C=C(CC)C(=O)OC(O)CC. The van der Waals surface area contributed by atoms with Crippen LogP contribution in [0.5, 0.6) is 0 Å². The Hall–Kier alpha value is -0.830. The minimum Gasteiger partial charge on any atom is -0.433 e. The van der Waals surface area contributed by atoms with Gasteiger partial charge in [0.25, 0.3) is 0 Å². The van der Waals surface area contributed by atoms with Gasteiger partial charge < -0.3 is 9.84 Å². The second-order valence-corrected chi connectivity index (χ2v) is 2.23. The van der Waals surface area contributed by atoms with Crippen molar-refractivity contribution in [3.05, 3.63) is 12.2 Å². The minimum atomic E-state index is -0.995. The van der Waals surface area contributed by atoms with Crippen LogP contribution in [0, 0.1) is 0 Å². The molecule has 11 heavy (non-hydrogen) atoms. The van der Waals surface area contributed by atoms with Crippen LogP contribution in [0.15, 0.2) is 12.2 Å². The van der Waals surface area contributed by atoms with E-state index in [0.29, 0.717) is 18.4 Å². The molecule has 0 aromatic heterocycles. The summed E-state index contributed by atoms with van der Waals surface area (Å²) in [6.45, 7) is 7.01. The fourth-order valence-corrected chi connectivity index (χ4v) is 0.435. The highest BCUT2D eigenvalue weighted by Gasteiger charge is 2.10. The Kier molecular flexibility index (Phi) is 4.54. The molecule has 0 bridgehead atoms. The van der Waals surface area contributed by atoms with Crippen molar-refractivity contribution >= 4 is 5.97 Å². The number of hydrogen-bond acceptors (Lipinski definition) is 3. The average Bonchev–Trinajstić information content (AvgIpc) is 2.02. The number of aliphatic hydroxyl groups is 1. The number of hydrogen-bond donors (Lipinski definition) is 1. The van der Waals surface area contributed by atoms with E-state index in [1.54, 1.807) is 6.92 Å². The number of carbonyl (C=O) groups is 1. The summed E-state index contributed by atoms with van der Waals surface area (Å²) in [6, 6.07) is 0. The fraction of sp³-hybridized carbons (Fsp3) is 0.625. The van der Waals surface area contributed by atoms with Gasteiger partial charge in [-0.3, -0.25) is 0 Å². The van der Waals surface area contributed by atoms with Crippen LogP contribution in [0.3, 0.4) is 0 Å². The Bertz CT molecular complexity index is 151. The van der Waals surface area contributed by atoms with Crippen LogP contribution in [0.2, 0.25) is 0 Å². The molecule has 0 aromatic carbocycles. The highest BCUT2D eigenvalue weighted by molar-refractivity contribution is 5.87. The van der Waals surface area contributed by atoms with Crippen LogP contribution in [-0.2, 0) is 9.53 Å². The van der Waals surface area contributed by atoms with E-state index in [1.807, 2.05) is 6.92 Å². The molecule has 3 nitrogen and oxygen atoms in total. The lowest BCUT2D eigenvalue weighted by molar-refractivity contribution is -0.163. The highest BCUT2D eigenvalue weighted by atomic mass is 16.6. The number of rotatable bonds is 4. The molecule has 0 aliphatic rings. The molecule has 0 amide bonds. The molecule has 1 N–H and O–H groups in total. The van der Waals surface area contributed by atoms with Gasteiger partial charge in [-0.25, -0.2) is 4.79 Å². The molecule has 3 heteroatoms. The van der Waals surface area contributed by atoms with E-state index in [4.69, 9.17) is 5.11 Å². The van der Waals surface area contributed by atoms with E-state index >= 15 is 0 Å². The maximum Gasteiger partial charge on any atom is 0.335 e. The molecule has 0 aliphatic carbocycles. The zero-order chi connectivity index (χ0) is 8.85. The van der Waals surface area contributed by atoms with Gasteiger partial charge >= 0.3 is 5.97 Å². The van der Waals surface area contributed by atoms with E-state index in [2.05, 4.69) is 11.3 Å². The first-order valence-corrected chi connectivity index (χ1v) is 3.68. The number of aliphatic hydroxyl groups excluding tert-OH is 1. The first-order valence-electron chi connectivity index (χ1n) is 3.68. The largest absolute Gasteiger partial charge is 0.433 e. The van der Waals surface area contributed by atoms with Gasteiger partial charge in [-0.1, -0.05) is 20.4 Å². The van der Waals surface area contributed by atoms with Crippen LogP contribution >= 0.6 is 0 Å². The Labute approximate surface area is 66.7 Å². The summed E-state index contributed by atoms with van der Waals surface area (Å²) in [6.07, 6.45) is -0.0383. The topological polar surface area (TPSA) is 46.5 Å². The van der Waals surface area contributed by atoms with Gasteiger partial charge in [-0.05, 0) is 6.42 Å². The molecule has 0 saturated heterocycles. The van der Waals surface area contributed by atoms with Crippen molar-refractivity contribution in [2.24, 2.45) is 0 Å². The van der Waals surface area contributed by atoms with Crippen LogP contribution in [0.25, 0.3) is 0 Å². The Morgan fingerprint density at radius 1 is 1.64 bits per heavy atom. The zero-order valence-corrected chi connectivity index (χ0v) is 6.96. The van der Waals surface area contributed by atoms with Gasteiger partial charge in [0.15, 0.2) is 0 Å². The van der Waals surface area contributed by atoms with Crippen molar-refractivity contribution in [3.8, 4) is 0 Å². The third-order valence-electron chi connectivity index (χ3n) is 1.31.